The van der Waals surface area contributed by atoms with Crippen LogP contribution in [0.15, 0.2) is 65.6 Å². The fourth-order valence-corrected chi connectivity index (χ4v) is 4.38. The summed E-state index contributed by atoms with van der Waals surface area (Å²) in [6.45, 7) is 3.19. The van der Waals surface area contributed by atoms with E-state index in [1.807, 2.05) is 42.5 Å². The van der Waals surface area contributed by atoms with E-state index in [1.54, 1.807) is 13.8 Å². The average molecular weight is 433 g/mol. The van der Waals surface area contributed by atoms with Crippen LogP contribution < -0.4 is 14.8 Å². The van der Waals surface area contributed by atoms with Gasteiger partial charge in [0.25, 0.3) is 5.91 Å². The number of ether oxygens (including phenoxy) is 1. The summed E-state index contributed by atoms with van der Waals surface area (Å²) in [4.78, 5) is 12.3. The smallest absolute Gasteiger partial charge is 0.262 e. The first-order chi connectivity index (χ1) is 13.8. The topological polar surface area (TPSA) is 84.5 Å². The van der Waals surface area contributed by atoms with Crippen LogP contribution in [0.3, 0.4) is 0 Å². The van der Waals surface area contributed by atoms with Crippen LogP contribution in [0.25, 0.3) is 10.8 Å². The zero-order valence-corrected chi connectivity index (χ0v) is 17.5. The molecule has 3 rings (SSSR count). The van der Waals surface area contributed by atoms with Gasteiger partial charge in [-0.05, 0) is 43.5 Å². The van der Waals surface area contributed by atoms with Gasteiger partial charge in [0, 0.05) is 17.1 Å². The van der Waals surface area contributed by atoms with E-state index in [2.05, 4.69) is 10.0 Å². The van der Waals surface area contributed by atoms with Gasteiger partial charge in [0.15, 0.2) is 6.61 Å². The Labute approximate surface area is 174 Å². The summed E-state index contributed by atoms with van der Waals surface area (Å²) >= 11 is 6.14. The van der Waals surface area contributed by atoms with Crippen LogP contribution in [0.5, 0.6) is 5.75 Å². The highest BCUT2D eigenvalue weighted by atomic mass is 35.5. The van der Waals surface area contributed by atoms with Gasteiger partial charge in [0.05, 0.1) is 9.92 Å². The van der Waals surface area contributed by atoms with E-state index in [1.165, 1.54) is 18.2 Å². The van der Waals surface area contributed by atoms with E-state index in [-0.39, 0.29) is 34.2 Å². The minimum absolute atomic E-state index is 0.0313. The van der Waals surface area contributed by atoms with Crippen molar-refractivity contribution < 1.29 is 17.9 Å². The number of nitrogens with one attached hydrogen (secondary N) is 2. The van der Waals surface area contributed by atoms with Crippen molar-refractivity contribution in [3.05, 3.63) is 65.7 Å². The van der Waals surface area contributed by atoms with E-state index in [0.717, 1.165) is 10.8 Å². The maximum Gasteiger partial charge on any atom is 0.262 e. The molecule has 0 fully saturated rings. The average Bonchev–Trinajstić information content (AvgIpc) is 2.66. The quantitative estimate of drug-likeness (QED) is 0.586. The second-order valence-corrected chi connectivity index (χ2v) is 8.85. The predicted octanol–water partition coefficient (Wildman–Crippen LogP) is 4.20. The highest BCUT2D eigenvalue weighted by molar-refractivity contribution is 7.89. The first-order valence-corrected chi connectivity index (χ1v) is 10.8. The molecule has 152 valence electrons. The predicted molar refractivity (Wildman–Crippen MR) is 115 cm³/mol. The molecule has 0 heterocycles. The molecule has 0 unspecified atom stereocenters. The molecule has 2 N–H and O–H groups in total. The lowest BCUT2D eigenvalue weighted by molar-refractivity contribution is -0.118. The maximum atomic E-state index is 12.3. The third kappa shape index (κ3) is 5.26. The highest BCUT2D eigenvalue weighted by Crippen LogP contribution is 2.28. The molecule has 1 amide bonds. The molecule has 3 aromatic rings. The summed E-state index contributed by atoms with van der Waals surface area (Å²) in [5.41, 5.74) is 0.684. The first kappa shape index (κ1) is 21.1. The maximum absolute atomic E-state index is 12.3. The Morgan fingerprint density at radius 2 is 1.79 bits per heavy atom. The number of fused-ring (bicyclic) bond motifs is 1. The minimum atomic E-state index is -3.66. The van der Waals surface area contributed by atoms with E-state index >= 15 is 0 Å². The van der Waals surface area contributed by atoms with Gasteiger partial charge in [-0.2, -0.15) is 0 Å². The number of amides is 1. The normalized spacial score (nSPS) is 11.6. The Morgan fingerprint density at radius 3 is 2.52 bits per heavy atom. The number of hydrogen-bond acceptors (Lipinski definition) is 4. The van der Waals surface area contributed by atoms with Crippen LogP contribution in [0, 0.1) is 0 Å². The van der Waals surface area contributed by atoms with Crippen molar-refractivity contribution >= 4 is 44.0 Å². The summed E-state index contributed by atoms with van der Waals surface area (Å²) in [6, 6.07) is 17.2. The molecule has 0 atom stereocenters. The number of rotatable bonds is 7. The zero-order valence-electron chi connectivity index (χ0n) is 16.0. The monoisotopic (exact) mass is 432 g/mol. The van der Waals surface area contributed by atoms with Crippen LogP contribution in [0.2, 0.25) is 5.02 Å². The van der Waals surface area contributed by atoms with Gasteiger partial charge in [-0.15, -0.1) is 0 Å². The Hall–Kier alpha value is -2.61. The summed E-state index contributed by atoms with van der Waals surface area (Å²) in [5, 5.41) is 4.86. The third-order valence-electron chi connectivity index (χ3n) is 4.03. The summed E-state index contributed by atoms with van der Waals surface area (Å²) in [5.74, 6) is -0.126. The lowest BCUT2D eigenvalue weighted by Crippen LogP contribution is -2.30. The van der Waals surface area contributed by atoms with Gasteiger partial charge in [0.1, 0.15) is 5.75 Å². The number of carbonyl (C=O) groups excluding carboxylic acids is 1. The molecule has 0 saturated carbocycles. The molecule has 29 heavy (non-hydrogen) atoms. The van der Waals surface area contributed by atoms with Gasteiger partial charge < -0.3 is 10.1 Å². The number of hydrogen-bond donors (Lipinski definition) is 2. The Morgan fingerprint density at radius 1 is 1.07 bits per heavy atom. The molecule has 0 aromatic heterocycles. The minimum Gasteiger partial charge on any atom is -0.482 e. The van der Waals surface area contributed by atoms with Crippen LogP contribution in [-0.4, -0.2) is 27.0 Å². The standard InChI is InChI=1S/C21H21ClN2O4S/c1-14(2)24-29(26,27)16-10-11-20(18(22)12-16)28-13-21(25)23-19-9-5-7-15-6-3-4-8-17(15)19/h3-12,14,24H,13H2,1-2H3,(H,23,25). The Bertz CT molecular complexity index is 1140. The van der Waals surface area contributed by atoms with E-state index in [9.17, 15) is 13.2 Å². The van der Waals surface area contributed by atoms with Crippen molar-refractivity contribution in [3.63, 3.8) is 0 Å². The second kappa shape index (κ2) is 8.82. The SMILES string of the molecule is CC(C)NS(=O)(=O)c1ccc(OCC(=O)Nc2cccc3ccccc23)c(Cl)c1. The van der Waals surface area contributed by atoms with E-state index in [0.29, 0.717) is 5.69 Å². The second-order valence-electron chi connectivity index (χ2n) is 6.73. The van der Waals surface area contributed by atoms with Crippen molar-refractivity contribution in [2.24, 2.45) is 0 Å². The lowest BCUT2D eigenvalue weighted by Gasteiger charge is -2.13. The van der Waals surface area contributed by atoms with Gasteiger partial charge in [-0.25, -0.2) is 13.1 Å². The van der Waals surface area contributed by atoms with Crippen LogP contribution in [-0.2, 0) is 14.8 Å². The zero-order chi connectivity index (χ0) is 21.0. The Balaban J connectivity index is 1.67. The van der Waals surface area contributed by atoms with Gasteiger partial charge in [-0.1, -0.05) is 48.0 Å². The summed E-state index contributed by atoms with van der Waals surface area (Å²) < 4.78 is 32.4. The molecular formula is C21H21ClN2O4S. The van der Waals surface area contributed by atoms with Crippen molar-refractivity contribution in [1.82, 2.24) is 4.72 Å². The molecule has 0 saturated heterocycles. The summed E-state index contributed by atoms with van der Waals surface area (Å²) in [7, 11) is -3.66. The third-order valence-corrected chi connectivity index (χ3v) is 5.98. The molecule has 0 radical (unpaired) electrons. The molecule has 0 aliphatic rings. The van der Waals surface area contributed by atoms with Crippen molar-refractivity contribution in [1.29, 1.82) is 0 Å². The number of anilines is 1. The van der Waals surface area contributed by atoms with Crippen LogP contribution in [0.4, 0.5) is 5.69 Å². The molecular weight excluding hydrogens is 412 g/mol. The van der Waals surface area contributed by atoms with Gasteiger partial charge >= 0.3 is 0 Å². The fraction of sp³-hybridized carbons (Fsp3) is 0.190. The fourth-order valence-electron chi connectivity index (χ4n) is 2.81. The molecule has 0 aliphatic carbocycles. The molecule has 0 spiro atoms. The summed E-state index contributed by atoms with van der Waals surface area (Å²) in [6.07, 6.45) is 0. The lowest BCUT2D eigenvalue weighted by atomic mass is 10.1. The number of carbonyl (C=O) groups is 1. The number of halogens is 1. The first-order valence-electron chi connectivity index (χ1n) is 8.98. The van der Waals surface area contributed by atoms with E-state index < -0.39 is 10.0 Å². The van der Waals surface area contributed by atoms with Crippen molar-refractivity contribution in [3.8, 4) is 5.75 Å². The van der Waals surface area contributed by atoms with Crippen molar-refractivity contribution in [2.75, 3.05) is 11.9 Å². The molecule has 0 bridgehead atoms. The molecule has 0 aliphatic heterocycles. The van der Waals surface area contributed by atoms with Crippen LogP contribution >= 0.6 is 11.6 Å². The number of benzene rings is 3. The van der Waals surface area contributed by atoms with Gasteiger partial charge in [0.2, 0.25) is 10.0 Å². The highest BCUT2D eigenvalue weighted by Gasteiger charge is 2.17. The molecule has 3 aromatic carbocycles. The Kier molecular flexibility index (Phi) is 6.42. The largest absolute Gasteiger partial charge is 0.482 e. The van der Waals surface area contributed by atoms with Crippen molar-refractivity contribution in [2.45, 2.75) is 24.8 Å². The van der Waals surface area contributed by atoms with Crippen LogP contribution in [0.1, 0.15) is 13.8 Å². The molecule has 6 nitrogen and oxygen atoms in total. The van der Waals surface area contributed by atoms with Gasteiger partial charge in [-0.3, -0.25) is 4.79 Å². The number of sulfonamides is 1. The molecule has 8 heteroatoms. The van der Waals surface area contributed by atoms with E-state index in [4.69, 9.17) is 16.3 Å².